The van der Waals surface area contributed by atoms with Gasteiger partial charge in [-0.15, -0.1) is 0 Å². The summed E-state index contributed by atoms with van der Waals surface area (Å²) in [4.78, 5) is 16.5. The number of benzene rings is 1. The van der Waals surface area contributed by atoms with Crippen molar-refractivity contribution in [3.05, 3.63) is 52.8 Å². The molecule has 1 aliphatic carbocycles. The van der Waals surface area contributed by atoms with E-state index in [-0.39, 0.29) is 6.61 Å². The van der Waals surface area contributed by atoms with Gasteiger partial charge < -0.3 is 20.5 Å². The smallest absolute Gasteiger partial charge is 0.237 e. The van der Waals surface area contributed by atoms with Crippen LogP contribution in [-0.2, 0) is 18.4 Å². The van der Waals surface area contributed by atoms with Gasteiger partial charge in [0.2, 0.25) is 11.8 Å². The van der Waals surface area contributed by atoms with E-state index in [2.05, 4.69) is 32.7 Å². The number of pyridine rings is 1. The first kappa shape index (κ1) is 22.7. The van der Waals surface area contributed by atoms with Crippen LogP contribution in [0.15, 0.2) is 30.5 Å². The highest BCUT2D eigenvalue weighted by Gasteiger charge is 2.36. The fraction of sp³-hybridized carbons (Fsp3) is 0.407. The summed E-state index contributed by atoms with van der Waals surface area (Å²) in [6, 6.07) is 10.8. The number of nitriles is 1. The number of rotatable bonds is 6. The molecule has 9 nitrogen and oxygen atoms in total. The Kier molecular flexibility index (Phi) is 5.51. The molecule has 0 bridgehead atoms. The molecule has 2 aliphatic heterocycles. The van der Waals surface area contributed by atoms with Crippen molar-refractivity contribution in [2.24, 2.45) is 0 Å². The first-order chi connectivity index (χ1) is 17.5. The quantitative estimate of drug-likeness (QED) is 0.485. The maximum atomic E-state index is 10.0. The van der Waals surface area contributed by atoms with E-state index in [1.54, 1.807) is 13.3 Å². The third-order valence-electron chi connectivity index (χ3n) is 7.53. The molecule has 0 saturated heterocycles. The van der Waals surface area contributed by atoms with Crippen LogP contribution in [-0.4, -0.2) is 57.8 Å². The van der Waals surface area contributed by atoms with Crippen LogP contribution in [0.2, 0.25) is 0 Å². The minimum absolute atomic E-state index is 0.0127. The van der Waals surface area contributed by atoms with Crippen molar-refractivity contribution in [3.8, 4) is 23.2 Å². The van der Waals surface area contributed by atoms with Crippen LogP contribution in [0.4, 0.5) is 17.3 Å². The molecule has 1 atom stereocenters. The van der Waals surface area contributed by atoms with Gasteiger partial charge in [0.15, 0.2) is 0 Å². The van der Waals surface area contributed by atoms with E-state index in [0.29, 0.717) is 35.7 Å². The lowest BCUT2D eigenvalue weighted by Gasteiger charge is -2.28. The number of anilines is 3. The van der Waals surface area contributed by atoms with Gasteiger partial charge >= 0.3 is 0 Å². The second-order valence-electron chi connectivity index (χ2n) is 10.1. The van der Waals surface area contributed by atoms with Crippen LogP contribution in [0, 0.1) is 11.3 Å². The fourth-order valence-electron chi connectivity index (χ4n) is 5.24. The van der Waals surface area contributed by atoms with Crippen molar-refractivity contribution >= 4 is 17.3 Å². The lowest BCUT2D eigenvalue weighted by atomic mass is 9.83. The van der Waals surface area contributed by atoms with Gasteiger partial charge in [-0.3, -0.25) is 4.90 Å². The molecule has 0 unspecified atom stereocenters. The number of hydrogen-bond acceptors (Lipinski definition) is 9. The van der Waals surface area contributed by atoms with Crippen molar-refractivity contribution in [2.75, 3.05) is 37.4 Å². The fourth-order valence-corrected chi connectivity index (χ4v) is 5.24. The minimum Gasteiger partial charge on any atom is -0.480 e. The number of hydrogen-bond donors (Lipinski definition) is 3. The lowest BCUT2D eigenvalue weighted by molar-refractivity contribution is 0.219. The summed E-state index contributed by atoms with van der Waals surface area (Å²) < 4.78 is 5.59. The van der Waals surface area contributed by atoms with Crippen LogP contribution < -0.4 is 15.4 Å². The number of fused-ring (bicyclic) bond motifs is 2. The first-order valence-electron chi connectivity index (χ1n) is 12.4. The normalized spacial score (nSPS) is 20.7. The number of ether oxygens (including phenoxy) is 1. The Morgan fingerprint density at radius 1 is 1.31 bits per heavy atom. The zero-order valence-corrected chi connectivity index (χ0v) is 20.5. The second-order valence-corrected chi connectivity index (χ2v) is 10.1. The van der Waals surface area contributed by atoms with Crippen molar-refractivity contribution in [3.63, 3.8) is 0 Å². The molecule has 6 rings (SSSR count). The average molecular weight is 484 g/mol. The largest absolute Gasteiger partial charge is 0.480 e. The van der Waals surface area contributed by atoms with E-state index < -0.39 is 5.41 Å². The Balaban J connectivity index is 1.33. The Morgan fingerprint density at radius 2 is 2.17 bits per heavy atom. The van der Waals surface area contributed by atoms with Crippen LogP contribution in [0.1, 0.15) is 42.1 Å². The molecule has 1 fully saturated rings. The number of aliphatic hydroxyl groups is 1. The maximum Gasteiger partial charge on any atom is 0.237 e. The van der Waals surface area contributed by atoms with Gasteiger partial charge in [0, 0.05) is 49.3 Å². The number of aromatic nitrogens is 3. The van der Waals surface area contributed by atoms with Crippen LogP contribution in [0.25, 0.3) is 11.3 Å². The predicted molar refractivity (Wildman–Crippen MR) is 136 cm³/mol. The Labute approximate surface area is 210 Å². The summed E-state index contributed by atoms with van der Waals surface area (Å²) in [6.45, 7) is 4.50. The summed E-state index contributed by atoms with van der Waals surface area (Å²) in [5.74, 6) is 0.946. The standard InChI is InChI=1S/C27H29N7O2/c1-27(15-35)14-30-24-17(12-28)9-16(10-20(24)27)21-5-7-29-26(32-21)33-23-11-18-13-34(19-3-4-19)8-6-22(18)31-25(23)36-2/h5,7,9-11,19,30,35H,3-4,6,8,13-15H2,1-2H3,(H,29,32,33)/t27-/m1/s1. The van der Waals surface area contributed by atoms with Crippen molar-refractivity contribution in [1.29, 1.82) is 5.26 Å². The third kappa shape index (κ3) is 3.92. The van der Waals surface area contributed by atoms with E-state index in [9.17, 15) is 10.4 Å². The van der Waals surface area contributed by atoms with E-state index >= 15 is 0 Å². The molecular formula is C27H29N7O2. The molecule has 9 heteroatoms. The molecule has 2 aromatic heterocycles. The van der Waals surface area contributed by atoms with Gasteiger partial charge in [0.25, 0.3) is 0 Å². The molecule has 184 valence electrons. The highest BCUT2D eigenvalue weighted by atomic mass is 16.5. The van der Waals surface area contributed by atoms with Gasteiger partial charge in [-0.1, -0.05) is 6.92 Å². The summed E-state index contributed by atoms with van der Waals surface area (Å²) in [6.07, 6.45) is 5.19. The second kappa shape index (κ2) is 8.73. The monoisotopic (exact) mass is 483 g/mol. The number of nitrogens with one attached hydrogen (secondary N) is 2. The molecule has 4 heterocycles. The molecule has 1 saturated carbocycles. The van der Waals surface area contributed by atoms with E-state index in [4.69, 9.17) is 14.7 Å². The first-order valence-corrected chi connectivity index (χ1v) is 12.4. The van der Waals surface area contributed by atoms with Crippen LogP contribution in [0.3, 0.4) is 0 Å². The third-order valence-corrected chi connectivity index (χ3v) is 7.53. The van der Waals surface area contributed by atoms with Gasteiger partial charge in [-0.05, 0) is 48.2 Å². The molecule has 36 heavy (non-hydrogen) atoms. The zero-order chi connectivity index (χ0) is 24.9. The molecular weight excluding hydrogens is 454 g/mol. The summed E-state index contributed by atoms with van der Waals surface area (Å²) >= 11 is 0. The summed E-state index contributed by atoms with van der Waals surface area (Å²) in [5, 5.41) is 26.4. The van der Waals surface area contributed by atoms with Gasteiger partial charge in [0.1, 0.15) is 11.8 Å². The zero-order valence-electron chi connectivity index (χ0n) is 20.5. The van der Waals surface area contributed by atoms with Crippen LogP contribution in [0.5, 0.6) is 5.88 Å². The highest BCUT2D eigenvalue weighted by molar-refractivity contribution is 5.76. The number of nitrogens with zero attached hydrogens (tertiary/aromatic N) is 5. The van der Waals surface area contributed by atoms with Gasteiger partial charge in [0.05, 0.1) is 36.4 Å². The van der Waals surface area contributed by atoms with Gasteiger partial charge in [-0.2, -0.15) is 5.26 Å². The molecule has 3 aliphatic rings. The molecule has 1 aromatic carbocycles. The lowest BCUT2D eigenvalue weighted by Crippen LogP contribution is -2.33. The maximum absolute atomic E-state index is 10.0. The number of methoxy groups -OCH3 is 1. The average Bonchev–Trinajstić information content (AvgIpc) is 3.71. The van der Waals surface area contributed by atoms with E-state index in [1.807, 2.05) is 25.1 Å². The van der Waals surface area contributed by atoms with Crippen molar-refractivity contribution < 1.29 is 9.84 Å². The van der Waals surface area contributed by atoms with E-state index in [1.165, 1.54) is 18.4 Å². The Bertz CT molecular complexity index is 1380. The van der Waals surface area contributed by atoms with Gasteiger partial charge in [-0.25, -0.2) is 15.0 Å². The highest BCUT2D eigenvalue weighted by Crippen LogP contribution is 2.41. The topological polar surface area (TPSA) is 119 Å². The van der Waals surface area contributed by atoms with Crippen molar-refractivity contribution in [1.82, 2.24) is 19.9 Å². The summed E-state index contributed by atoms with van der Waals surface area (Å²) in [7, 11) is 1.62. The molecule has 0 amide bonds. The Morgan fingerprint density at radius 3 is 2.92 bits per heavy atom. The molecule has 3 aromatic rings. The molecule has 3 N–H and O–H groups in total. The minimum atomic E-state index is -0.457. The SMILES string of the molecule is COc1nc2c(cc1Nc1nccc(-c3cc(C#N)c4c(c3)[C@@](C)(CO)CN4)n1)CN(C1CC1)CC2. The van der Waals surface area contributed by atoms with Crippen LogP contribution >= 0.6 is 0 Å². The van der Waals surface area contributed by atoms with E-state index in [0.717, 1.165) is 47.7 Å². The van der Waals surface area contributed by atoms with Crippen molar-refractivity contribution in [2.45, 2.75) is 44.2 Å². The predicted octanol–water partition coefficient (Wildman–Crippen LogP) is 3.36. The number of aliphatic hydroxyl groups excluding tert-OH is 1. The molecule has 0 spiro atoms. The Hall–Kier alpha value is -3.74. The summed E-state index contributed by atoms with van der Waals surface area (Å²) in [5.41, 5.74) is 6.30. The molecule has 0 radical (unpaired) electrons.